The third-order valence-corrected chi connectivity index (χ3v) is 4.08. The summed E-state index contributed by atoms with van der Waals surface area (Å²) in [5.74, 6) is -0.0740. The third kappa shape index (κ3) is 3.22. The highest BCUT2D eigenvalue weighted by Crippen LogP contribution is 2.21. The molecular weight excluding hydrogens is 308 g/mol. The van der Waals surface area contributed by atoms with E-state index in [1.807, 2.05) is 42.0 Å². The molecule has 21 heavy (non-hydrogen) atoms. The Labute approximate surface area is 130 Å². The zero-order chi connectivity index (χ0) is 14.8. The van der Waals surface area contributed by atoms with Crippen LogP contribution in [0.4, 0.5) is 5.13 Å². The van der Waals surface area contributed by atoms with E-state index in [4.69, 9.17) is 11.6 Å². The number of rotatable bonds is 4. The normalized spacial score (nSPS) is 11.0. The van der Waals surface area contributed by atoms with Gasteiger partial charge in [0.1, 0.15) is 5.01 Å². The van der Waals surface area contributed by atoms with E-state index < -0.39 is 0 Å². The Bertz CT molecular complexity index is 795. The average Bonchev–Trinajstić information content (AvgIpc) is 3.03. The smallest absolute Gasteiger partial charge is 0.227 e. The minimum Gasteiger partial charge on any atom is -0.347 e. The van der Waals surface area contributed by atoms with Crippen molar-refractivity contribution in [3.05, 3.63) is 40.5 Å². The van der Waals surface area contributed by atoms with Gasteiger partial charge in [0.05, 0.1) is 0 Å². The van der Waals surface area contributed by atoms with Crippen LogP contribution in [0.15, 0.2) is 30.5 Å². The second-order valence-corrected chi connectivity index (χ2v) is 6.25. The zero-order valence-corrected chi connectivity index (χ0v) is 12.9. The van der Waals surface area contributed by atoms with Crippen molar-refractivity contribution in [3.8, 4) is 0 Å². The minimum atomic E-state index is -0.0740. The van der Waals surface area contributed by atoms with Crippen LogP contribution in [-0.4, -0.2) is 20.7 Å². The molecule has 2 heterocycles. The van der Waals surface area contributed by atoms with E-state index in [9.17, 15) is 4.79 Å². The number of carbonyl (C=O) groups excluding carboxylic acids is 1. The summed E-state index contributed by atoms with van der Waals surface area (Å²) in [6, 6.07) is 7.75. The highest BCUT2D eigenvalue weighted by molar-refractivity contribution is 7.15. The topological polar surface area (TPSA) is 59.8 Å². The SMILES string of the molecule is Cc1nnc(NC(=O)CCn2ccc3ccc(Cl)cc32)s1. The molecule has 0 saturated heterocycles. The number of hydrogen-bond donors (Lipinski definition) is 1. The Balaban J connectivity index is 1.66. The molecule has 108 valence electrons. The summed E-state index contributed by atoms with van der Waals surface area (Å²) in [6.07, 6.45) is 2.33. The molecule has 1 aromatic carbocycles. The standard InChI is InChI=1S/C14H13ClN4OS/c1-9-17-18-14(21-9)16-13(20)5-7-19-6-4-10-2-3-11(15)8-12(10)19/h2-4,6,8H,5,7H2,1H3,(H,16,18,20). The lowest BCUT2D eigenvalue weighted by molar-refractivity contribution is -0.116. The summed E-state index contributed by atoms with van der Waals surface area (Å²) in [4.78, 5) is 11.9. The number of benzene rings is 1. The molecule has 5 nitrogen and oxygen atoms in total. The zero-order valence-electron chi connectivity index (χ0n) is 11.3. The van der Waals surface area contributed by atoms with Gasteiger partial charge in [0.2, 0.25) is 11.0 Å². The molecule has 0 aliphatic rings. The van der Waals surface area contributed by atoms with Gasteiger partial charge in [-0.05, 0) is 30.5 Å². The molecule has 1 N–H and O–H groups in total. The number of halogens is 1. The lowest BCUT2D eigenvalue weighted by atomic mass is 10.2. The van der Waals surface area contributed by atoms with Crippen LogP contribution in [0.3, 0.4) is 0 Å². The van der Waals surface area contributed by atoms with Crippen molar-refractivity contribution < 1.29 is 4.79 Å². The van der Waals surface area contributed by atoms with Crippen molar-refractivity contribution in [2.75, 3.05) is 5.32 Å². The molecule has 1 amide bonds. The Hall–Kier alpha value is -1.92. The van der Waals surface area contributed by atoms with Gasteiger partial charge in [0.15, 0.2) is 0 Å². The summed E-state index contributed by atoms with van der Waals surface area (Å²) in [6.45, 7) is 2.44. The van der Waals surface area contributed by atoms with Crippen LogP contribution in [0.2, 0.25) is 5.02 Å². The predicted molar refractivity (Wildman–Crippen MR) is 84.8 cm³/mol. The van der Waals surface area contributed by atoms with Gasteiger partial charge in [-0.2, -0.15) is 0 Å². The highest BCUT2D eigenvalue weighted by atomic mass is 35.5. The van der Waals surface area contributed by atoms with Crippen LogP contribution in [-0.2, 0) is 11.3 Å². The lowest BCUT2D eigenvalue weighted by Gasteiger charge is -2.05. The van der Waals surface area contributed by atoms with Crippen LogP contribution in [0.5, 0.6) is 0 Å². The van der Waals surface area contributed by atoms with E-state index in [0.717, 1.165) is 15.9 Å². The Morgan fingerprint density at radius 2 is 2.24 bits per heavy atom. The number of carbonyl (C=O) groups is 1. The van der Waals surface area contributed by atoms with Gasteiger partial charge < -0.3 is 9.88 Å². The van der Waals surface area contributed by atoms with Crippen molar-refractivity contribution in [1.82, 2.24) is 14.8 Å². The molecule has 3 aromatic rings. The van der Waals surface area contributed by atoms with E-state index in [-0.39, 0.29) is 5.91 Å². The van der Waals surface area contributed by atoms with Gasteiger partial charge in [-0.3, -0.25) is 4.79 Å². The van der Waals surface area contributed by atoms with Crippen LogP contribution < -0.4 is 5.32 Å². The molecule has 0 atom stereocenters. The number of amides is 1. The van der Waals surface area contributed by atoms with E-state index in [0.29, 0.717) is 23.1 Å². The fourth-order valence-electron chi connectivity index (χ4n) is 2.10. The monoisotopic (exact) mass is 320 g/mol. The first-order valence-electron chi connectivity index (χ1n) is 6.46. The van der Waals surface area contributed by atoms with Crippen LogP contribution >= 0.6 is 22.9 Å². The lowest BCUT2D eigenvalue weighted by Crippen LogP contribution is -2.14. The Morgan fingerprint density at radius 3 is 3.00 bits per heavy atom. The van der Waals surface area contributed by atoms with Crippen molar-refractivity contribution in [3.63, 3.8) is 0 Å². The van der Waals surface area contributed by atoms with Gasteiger partial charge in [0, 0.05) is 29.7 Å². The Kier molecular flexibility index (Phi) is 3.90. The second kappa shape index (κ2) is 5.83. The molecule has 0 saturated carbocycles. The van der Waals surface area contributed by atoms with E-state index >= 15 is 0 Å². The number of hydrogen-bond acceptors (Lipinski definition) is 4. The summed E-state index contributed by atoms with van der Waals surface area (Å²) in [5, 5.41) is 13.7. The van der Waals surface area contributed by atoms with Crippen molar-refractivity contribution in [1.29, 1.82) is 0 Å². The summed E-state index contributed by atoms with van der Waals surface area (Å²) < 4.78 is 2.02. The van der Waals surface area contributed by atoms with E-state index in [1.165, 1.54) is 11.3 Å². The Morgan fingerprint density at radius 1 is 1.38 bits per heavy atom. The van der Waals surface area contributed by atoms with Gasteiger partial charge in [0.25, 0.3) is 0 Å². The predicted octanol–water partition coefficient (Wildman–Crippen LogP) is 3.48. The number of aryl methyl sites for hydroxylation is 2. The number of nitrogens with one attached hydrogen (secondary N) is 1. The first-order valence-corrected chi connectivity index (χ1v) is 7.65. The first-order chi connectivity index (χ1) is 10.1. The molecule has 0 spiro atoms. The second-order valence-electron chi connectivity index (χ2n) is 4.64. The molecule has 7 heteroatoms. The van der Waals surface area contributed by atoms with Crippen LogP contribution in [0, 0.1) is 6.92 Å². The summed E-state index contributed by atoms with van der Waals surface area (Å²) in [7, 11) is 0. The first kappa shape index (κ1) is 14.0. The van der Waals surface area contributed by atoms with Crippen molar-refractivity contribution in [2.24, 2.45) is 0 Å². The molecule has 0 fully saturated rings. The fourth-order valence-corrected chi connectivity index (χ4v) is 2.88. The third-order valence-electron chi connectivity index (χ3n) is 3.09. The fraction of sp³-hybridized carbons (Fsp3) is 0.214. The highest BCUT2D eigenvalue weighted by Gasteiger charge is 2.08. The molecular formula is C14H13ClN4OS. The molecule has 0 bridgehead atoms. The maximum absolute atomic E-state index is 11.9. The van der Waals surface area contributed by atoms with Gasteiger partial charge in [-0.1, -0.05) is 29.0 Å². The van der Waals surface area contributed by atoms with Crippen molar-refractivity contribution in [2.45, 2.75) is 19.9 Å². The molecule has 0 aliphatic heterocycles. The number of nitrogens with zero attached hydrogens (tertiary/aromatic N) is 3. The molecule has 0 aliphatic carbocycles. The number of aromatic nitrogens is 3. The van der Waals surface area contributed by atoms with E-state index in [1.54, 1.807) is 0 Å². The van der Waals surface area contributed by atoms with Crippen LogP contribution in [0.1, 0.15) is 11.4 Å². The van der Waals surface area contributed by atoms with Gasteiger partial charge >= 0.3 is 0 Å². The number of anilines is 1. The molecule has 2 aromatic heterocycles. The number of fused-ring (bicyclic) bond motifs is 1. The van der Waals surface area contributed by atoms with Gasteiger partial charge in [-0.25, -0.2) is 0 Å². The average molecular weight is 321 g/mol. The molecule has 0 unspecified atom stereocenters. The minimum absolute atomic E-state index is 0.0740. The summed E-state index contributed by atoms with van der Waals surface area (Å²) >= 11 is 7.38. The summed E-state index contributed by atoms with van der Waals surface area (Å²) in [5.41, 5.74) is 1.03. The van der Waals surface area contributed by atoms with Gasteiger partial charge in [-0.15, -0.1) is 10.2 Å². The van der Waals surface area contributed by atoms with Crippen molar-refractivity contribution >= 4 is 44.9 Å². The molecule has 0 radical (unpaired) electrons. The quantitative estimate of drug-likeness (QED) is 0.800. The maximum Gasteiger partial charge on any atom is 0.227 e. The molecule has 3 rings (SSSR count). The van der Waals surface area contributed by atoms with E-state index in [2.05, 4.69) is 15.5 Å². The maximum atomic E-state index is 11.9. The van der Waals surface area contributed by atoms with Crippen LogP contribution in [0.25, 0.3) is 10.9 Å². The largest absolute Gasteiger partial charge is 0.347 e.